The summed E-state index contributed by atoms with van der Waals surface area (Å²) in [7, 11) is 0. The van der Waals surface area contributed by atoms with Gasteiger partial charge in [-0.15, -0.1) is 0 Å². The molecule has 0 fully saturated rings. The van der Waals surface area contributed by atoms with Crippen LogP contribution in [0.4, 0.5) is 0 Å². The molecule has 0 aliphatic carbocycles. The van der Waals surface area contributed by atoms with E-state index in [0.717, 1.165) is 11.4 Å². The van der Waals surface area contributed by atoms with Gasteiger partial charge < -0.3 is 0 Å². The van der Waals surface area contributed by atoms with Crippen molar-refractivity contribution in [2.45, 2.75) is 53.5 Å². The fourth-order valence-electron chi connectivity index (χ4n) is 1.53. The zero-order chi connectivity index (χ0) is 13.4. The van der Waals surface area contributed by atoms with E-state index in [1.165, 1.54) is 0 Å². The van der Waals surface area contributed by atoms with Crippen LogP contribution in [0.3, 0.4) is 0 Å². The quantitative estimate of drug-likeness (QED) is 0.534. The van der Waals surface area contributed by atoms with Crippen molar-refractivity contribution in [3.63, 3.8) is 0 Å². The van der Waals surface area contributed by atoms with Crippen molar-refractivity contribution in [2.75, 3.05) is 6.54 Å². The largest absolute Gasteiger partial charge is 0.300 e. The number of aliphatic imine (C=N–C) groups is 2. The fourth-order valence-corrected chi connectivity index (χ4v) is 1.53. The van der Waals surface area contributed by atoms with Crippen molar-refractivity contribution in [2.24, 2.45) is 9.98 Å². The van der Waals surface area contributed by atoms with Crippen molar-refractivity contribution in [3.05, 3.63) is 0 Å². The Labute approximate surface area is 119 Å². The topological polar surface area (TPSA) is 58.9 Å². The Kier molecular flexibility index (Phi) is 11.0. The van der Waals surface area contributed by atoms with E-state index in [4.69, 9.17) is 0 Å². The Morgan fingerprint density at radius 2 is 1.39 bits per heavy atom. The molecule has 1 atom stereocenters. The Hall–Kier alpha value is -0.826. The maximum atomic E-state index is 10.9. The molecule has 0 aliphatic heterocycles. The third-order valence-electron chi connectivity index (χ3n) is 2.08. The monoisotopic (exact) mass is 296 g/mol. The molecule has 0 N–H and O–H groups in total. The summed E-state index contributed by atoms with van der Waals surface area (Å²) in [5.74, 6) is 0.241. The van der Waals surface area contributed by atoms with Gasteiger partial charge in [0.15, 0.2) is 0 Å². The van der Waals surface area contributed by atoms with E-state index >= 15 is 0 Å². The molecule has 106 valence electrons. The summed E-state index contributed by atoms with van der Waals surface area (Å²) in [5.41, 5.74) is 1.67. The minimum atomic E-state index is 0. The van der Waals surface area contributed by atoms with Crippen LogP contribution < -0.4 is 0 Å². The van der Waals surface area contributed by atoms with E-state index in [0.29, 0.717) is 19.4 Å². The van der Waals surface area contributed by atoms with Gasteiger partial charge in [0.1, 0.15) is 11.6 Å². The number of rotatable bonds is 7. The number of hydrogen-bond acceptors (Lipinski definition) is 4. The predicted octanol–water partition coefficient (Wildman–Crippen LogP) is 2.25. The van der Waals surface area contributed by atoms with E-state index in [1.807, 2.05) is 20.8 Å². The number of Topliss-reactive ketones (excluding diaryl/α,β-unsaturated/α-hetero) is 2. The zero-order valence-electron chi connectivity index (χ0n) is 11.7. The number of ketones is 2. The van der Waals surface area contributed by atoms with Gasteiger partial charge in [-0.3, -0.25) is 19.6 Å². The second-order valence-corrected chi connectivity index (χ2v) is 4.55. The molecule has 0 saturated carbocycles. The Morgan fingerprint density at radius 3 is 1.83 bits per heavy atom. The van der Waals surface area contributed by atoms with E-state index < -0.39 is 0 Å². The Balaban J connectivity index is 0. The van der Waals surface area contributed by atoms with Crippen molar-refractivity contribution < 1.29 is 26.1 Å². The summed E-state index contributed by atoms with van der Waals surface area (Å²) < 4.78 is 0. The molecular weight excluding hydrogens is 275 g/mol. The molecule has 5 heteroatoms. The molecule has 0 aromatic heterocycles. The maximum Gasteiger partial charge on any atom is 0.135 e. The van der Waals surface area contributed by atoms with Crippen molar-refractivity contribution in [1.82, 2.24) is 0 Å². The van der Waals surface area contributed by atoms with Crippen LogP contribution >= 0.6 is 0 Å². The third-order valence-corrected chi connectivity index (χ3v) is 2.08. The second kappa shape index (κ2) is 10.1. The smallest absolute Gasteiger partial charge is 0.135 e. The number of hydrogen-bond donors (Lipinski definition) is 0. The minimum Gasteiger partial charge on any atom is -0.300 e. The number of nitrogens with zero attached hydrogens (tertiary/aromatic N) is 2. The SMILES string of the molecule is CC(=O)CC(C)=NCC(C)N=C(C)CC(C)=O.[Ni]. The van der Waals surface area contributed by atoms with Crippen LogP contribution in [0.1, 0.15) is 47.5 Å². The van der Waals surface area contributed by atoms with Crippen LogP contribution in [-0.4, -0.2) is 35.6 Å². The van der Waals surface area contributed by atoms with Crippen LogP contribution in [0.2, 0.25) is 0 Å². The molecule has 0 spiro atoms. The summed E-state index contributed by atoms with van der Waals surface area (Å²) in [5, 5.41) is 0. The van der Waals surface area contributed by atoms with Gasteiger partial charge in [-0.25, -0.2) is 0 Å². The predicted molar refractivity (Wildman–Crippen MR) is 71.1 cm³/mol. The number of carbonyl (C=O) groups excluding carboxylic acids is 2. The molecule has 0 heterocycles. The van der Waals surface area contributed by atoms with Crippen LogP contribution in [0.25, 0.3) is 0 Å². The molecule has 0 rings (SSSR count). The van der Waals surface area contributed by atoms with E-state index in [1.54, 1.807) is 13.8 Å². The number of carbonyl (C=O) groups is 2. The molecule has 0 radical (unpaired) electrons. The van der Waals surface area contributed by atoms with Gasteiger partial charge >= 0.3 is 0 Å². The molecule has 4 nitrogen and oxygen atoms in total. The summed E-state index contributed by atoms with van der Waals surface area (Å²) >= 11 is 0. The fraction of sp³-hybridized carbons (Fsp3) is 0.692. The third kappa shape index (κ3) is 11.7. The first-order valence-corrected chi connectivity index (χ1v) is 5.83. The van der Waals surface area contributed by atoms with Gasteiger partial charge in [-0.05, 0) is 34.6 Å². The first kappa shape index (κ1) is 19.5. The van der Waals surface area contributed by atoms with Crippen LogP contribution in [0, 0.1) is 0 Å². The van der Waals surface area contributed by atoms with Gasteiger partial charge in [0.05, 0.1) is 12.6 Å². The first-order chi connectivity index (χ1) is 7.81. The van der Waals surface area contributed by atoms with Crippen LogP contribution in [0.15, 0.2) is 9.98 Å². The van der Waals surface area contributed by atoms with Crippen molar-refractivity contribution in [1.29, 1.82) is 0 Å². The Morgan fingerprint density at radius 1 is 0.944 bits per heavy atom. The average Bonchev–Trinajstić information content (AvgIpc) is 2.12. The first-order valence-electron chi connectivity index (χ1n) is 5.83. The van der Waals surface area contributed by atoms with Crippen molar-refractivity contribution in [3.8, 4) is 0 Å². The van der Waals surface area contributed by atoms with Crippen LogP contribution in [0.5, 0.6) is 0 Å². The molecule has 0 bridgehead atoms. The zero-order valence-corrected chi connectivity index (χ0v) is 12.7. The van der Waals surface area contributed by atoms with Crippen molar-refractivity contribution >= 4 is 23.0 Å². The Bertz CT molecular complexity index is 349. The maximum absolute atomic E-state index is 10.9. The molecule has 0 amide bonds. The van der Waals surface area contributed by atoms with Crippen LogP contribution in [-0.2, 0) is 26.1 Å². The van der Waals surface area contributed by atoms with Gasteiger partial charge in [0.25, 0.3) is 0 Å². The normalized spacial score (nSPS) is 13.8. The van der Waals surface area contributed by atoms with Gasteiger partial charge in [-0.2, -0.15) is 0 Å². The summed E-state index contributed by atoms with van der Waals surface area (Å²) in [6, 6.07) is 0.0521. The average molecular weight is 297 g/mol. The molecule has 0 saturated heterocycles. The molecule has 0 aliphatic rings. The van der Waals surface area contributed by atoms with Gasteiger partial charge in [-0.1, -0.05) is 0 Å². The molecule has 0 aromatic rings. The second-order valence-electron chi connectivity index (χ2n) is 4.55. The van der Waals surface area contributed by atoms with E-state index in [2.05, 4.69) is 9.98 Å². The minimum absolute atomic E-state index is 0. The van der Waals surface area contributed by atoms with E-state index in [-0.39, 0.29) is 34.1 Å². The van der Waals surface area contributed by atoms with E-state index in [9.17, 15) is 9.59 Å². The molecular formula is C13H22N2NiO2. The van der Waals surface area contributed by atoms with Gasteiger partial charge in [0, 0.05) is 40.8 Å². The molecule has 18 heavy (non-hydrogen) atoms. The molecule has 1 unspecified atom stereocenters. The summed E-state index contributed by atoms with van der Waals surface area (Å²) in [4.78, 5) is 30.4. The summed E-state index contributed by atoms with van der Waals surface area (Å²) in [6.07, 6.45) is 0.809. The van der Waals surface area contributed by atoms with Gasteiger partial charge in [0.2, 0.25) is 0 Å². The summed E-state index contributed by atoms with van der Waals surface area (Å²) in [6.45, 7) is 9.32. The molecule has 0 aromatic carbocycles. The standard InChI is InChI=1S/C13H22N2O2.Ni/c1-9(6-12(4)16)14-8-11(3)15-10(2)7-13(5)17;/h11H,6-8H2,1-5H3;.